The highest BCUT2D eigenvalue weighted by atomic mass is 16.6. The molecule has 1 aliphatic rings. The van der Waals surface area contributed by atoms with E-state index >= 15 is 0 Å². The van der Waals surface area contributed by atoms with Gasteiger partial charge >= 0.3 is 0 Å². The number of nitro benzene ring substituents is 1. The van der Waals surface area contributed by atoms with E-state index in [1.807, 2.05) is 4.90 Å². The number of hydrogen-bond acceptors (Lipinski definition) is 5. The van der Waals surface area contributed by atoms with Gasteiger partial charge in [-0.25, -0.2) is 0 Å². The van der Waals surface area contributed by atoms with Gasteiger partial charge in [-0.2, -0.15) is 0 Å². The SMILES string of the molecule is O=C(CN1CCCC1CO)c1ccc([N+](=O)[O-])cc1. The van der Waals surface area contributed by atoms with Gasteiger partial charge < -0.3 is 5.11 Å². The molecule has 0 bridgehead atoms. The van der Waals surface area contributed by atoms with E-state index in [1.54, 1.807) is 0 Å². The van der Waals surface area contributed by atoms with Crippen molar-refractivity contribution in [3.8, 4) is 0 Å². The Bertz CT molecular complexity index is 472. The van der Waals surface area contributed by atoms with Gasteiger partial charge in [-0.05, 0) is 31.5 Å². The Balaban J connectivity index is 2.01. The lowest BCUT2D eigenvalue weighted by Crippen LogP contribution is -2.36. The predicted molar refractivity (Wildman–Crippen MR) is 69.1 cm³/mol. The van der Waals surface area contributed by atoms with Crippen LogP contribution in [-0.2, 0) is 0 Å². The number of carbonyl (C=O) groups excluding carboxylic acids is 1. The molecule has 1 heterocycles. The van der Waals surface area contributed by atoms with E-state index in [1.165, 1.54) is 24.3 Å². The van der Waals surface area contributed by atoms with Crippen molar-refractivity contribution in [2.45, 2.75) is 18.9 Å². The standard InChI is InChI=1S/C13H16N2O4/c16-9-12-2-1-7-14(12)8-13(17)10-3-5-11(6-4-10)15(18)19/h3-6,12,16H,1-2,7-9H2. The molecule has 0 spiro atoms. The highest BCUT2D eigenvalue weighted by Crippen LogP contribution is 2.18. The first-order chi connectivity index (χ1) is 9.11. The first kappa shape index (κ1) is 13.6. The molecule has 102 valence electrons. The van der Waals surface area contributed by atoms with Crippen LogP contribution in [0.2, 0.25) is 0 Å². The number of likely N-dealkylation sites (tertiary alicyclic amines) is 1. The van der Waals surface area contributed by atoms with Gasteiger partial charge in [0.1, 0.15) is 0 Å². The van der Waals surface area contributed by atoms with Crippen molar-refractivity contribution in [2.75, 3.05) is 19.7 Å². The molecule has 1 atom stereocenters. The lowest BCUT2D eigenvalue weighted by atomic mass is 10.1. The molecule has 2 rings (SSSR count). The highest BCUT2D eigenvalue weighted by molar-refractivity contribution is 5.97. The number of hydrogen-bond donors (Lipinski definition) is 1. The first-order valence-electron chi connectivity index (χ1n) is 6.24. The largest absolute Gasteiger partial charge is 0.395 e. The maximum Gasteiger partial charge on any atom is 0.269 e. The van der Waals surface area contributed by atoms with Crippen LogP contribution >= 0.6 is 0 Å². The fourth-order valence-electron chi connectivity index (χ4n) is 2.35. The van der Waals surface area contributed by atoms with E-state index in [0.717, 1.165) is 19.4 Å². The van der Waals surface area contributed by atoms with E-state index in [0.29, 0.717) is 5.56 Å². The second kappa shape index (κ2) is 5.90. The Kier molecular flexibility index (Phi) is 4.24. The Labute approximate surface area is 110 Å². The van der Waals surface area contributed by atoms with Gasteiger partial charge in [0.05, 0.1) is 18.1 Å². The van der Waals surface area contributed by atoms with Crippen molar-refractivity contribution in [1.82, 2.24) is 4.90 Å². The summed E-state index contributed by atoms with van der Waals surface area (Å²) >= 11 is 0. The summed E-state index contributed by atoms with van der Waals surface area (Å²) in [6.07, 6.45) is 1.89. The van der Waals surface area contributed by atoms with Crippen LogP contribution < -0.4 is 0 Å². The zero-order valence-electron chi connectivity index (χ0n) is 10.5. The van der Waals surface area contributed by atoms with Crippen LogP contribution in [0.4, 0.5) is 5.69 Å². The fraction of sp³-hybridized carbons (Fsp3) is 0.462. The maximum absolute atomic E-state index is 12.1. The molecule has 0 radical (unpaired) electrons. The zero-order valence-corrected chi connectivity index (χ0v) is 10.5. The third-order valence-electron chi connectivity index (χ3n) is 3.46. The predicted octanol–water partition coefficient (Wildman–Crippen LogP) is 1.23. The highest BCUT2D eigenvalue weighted by Gasteiger charge is 2.25. The summed E-state index contributed by atoms with van der Waals surface area (Å²) in [5.74, 6) is -0.0738. The number of benzene rings is 1. The molecular formula is C13H16N2O4. The normalized spacial score (nSPS) is 19.5. The topological polar surface area (TPSA) is 83.7 Å². The summed E-state index contributed by atoms with van der Waals surface area (Å²) < 4.78 is 0. The number of carbonyl (C=O) groups is 1. The molecule has 1 aliphatic heterocycles. The van der Waals surface area contributed by atoms with Crippen LogP contribution in [0.5, 0.6) is 0 Å². The van der Waals surface area contributed by atoms with Crippen molar-refractivity contribution in [2.24, 2.45) is 0 Å². The minimum atomic E-state index is -0.490. The number of ketones is 1. The van der Waals surface area contributed by atoms with Crippen LogP contribution in [0, 0.1) is 10.1 Å². The number of aliphatic hydroxyl groups is 1. The van der Waals surface area contributed by atoms with Crippen LogP contribution in [0.3, 0.4) is 0 Å². The van der Waals surface area contributed by atoms with Crippen molar-refractivity contribution < 1.29 is 14.8 Å². The van der Waals surface area contributed by atoms with Gasteiger partial charge in [0, 0.05) is 23.7 Å². The van der Waals surface area contributed by atoms with E-state index in [4.69, 9.17) is 0 Å². The third kappa shape index (κ3) is 3.15. The molecule has 19 heavy (non-hydrogen) atoms. The molecule has 1 aromatic rings. The summed E-state index contributed by atoms with van der Waals surface area (Å²) in [5.41, 5.74) is 0.445. The van der Waals surface area contributed by atoms with Gasteiger partial charge in [0.2, 0.25) is 0 Å². The molecule has 0 saturated carbocycles. The van der Waals surface area contributed by atoms with Gasteiger partial charge in [-0.1, -0.05) is 0 Å². The lowest BCUT2D eigenvalue weighted by molar-refractivity contribution is -0.384. The molecule has 1 aromatic carbocycles. The van der Waals surface area contributed by atoms with Gasteiger partial charge in [-0.15, -0.1) is 0 Å². The number of aliphatic hydroxyl groups excluding tert-OH is 1. The van der Waals surface area contributed by atoms with Crippen molar-refractivity contribution in [3.63, 3.8) is 0 Å². The van der Waals surface area contributed by atoms with Crippen molar-refractivity contribution in [3.05, 3.63) is 39.9 Å². The summed E-state index contributed by atoms with van der Waals surface area (Å²) in [6, 6.07) is 5.68. The smallest absolute Gasteiger partial charge is 0.269 e. The van der Waals surface area contributed by atoms with Crippen LogP contribution in [0.1, 0.15) is 23.2 Å². The van der Waals surface area contributed by atoms with E-state index in [9.17, 15) is 20.0 Å². The van der Waals surface area contributed by atoms with Crippen molar-refractivity contribution in [1.29, 1.82) is 0 Å². The second-order valence-corrected chi connectivity index (χ2v) is 4.68. The summed E-state index contributed by atoms with van der Waals surface area (Å²) in [5, 5.41) is 19.7. The lowest BCUT2D eigenvalue weighted by Gasteiger charge is -2.21. The summed E-state index contributed by atoms with van der Waals surface area (Å²) in [4.78, 5) is 24.0. The number of non-ortho nitro benzene ring substituents is 1. The Morgan fingerprint density at radius 3 is 2.68 bits per heavy atom. The van der Waals surface area contributed by atoms with Gasteiger partial charge in [-0.3, -0.25) is 19.8 Å². The van der Waals surface area contributed by atoms with Crippen molar-refractivity contribution >= 4 is 11.5 Å². The minimum absolute atomic E-state index is 0.0223. The Morgan fingerprint density at radius 1 is 1.42 bits per heavy atom. The molecule has 6 nitrogen and oxygen atoms in total. The quantitative estimate of drug-likeness (QED) is 0.491. The maximum atomic E-state index is 12.1. The Morgan fingerprint density at radius 2 is 2.11 bits per heavy atom. The molecule has 1 N–H and O–H groups in total. The summed E-state index contributed by atoms with van der Waals surface area (Å²) in [7, 11) is 0. The number of rotatable bonds is 5. The summed E-state index contributed by atoms with van der Waals surface area (Å²) in [6.45, 7) is 1.13. The molecule has 0 aromatic heterocycles. The van der Waals surface area contributed by atoms with Crippen LogP contribution in [0.25, 0.3) is 0 Å². The average molecular weight is 264 g/mol. The minimum Gasteiger partial charge on any atom is -0.395 e. The van der Waals surface area contributed by atoms with E-state index in [2.05, 4.69) is 0 Å². The van der Waals surface area contributed by atoms with Crippen LogP contribution in [0.15, 0.2) is 24.3 Å². The number of nitrogens with zero attached hydrogens (tertiary/aromatic N) is 2. The average Bonchev–Trinajstić information content (AvgIpc) is 2.86. The zero-order chi connectivity index (χ0) is 13.8. The van der Waals surface area contributed by atoms with E-state index in [-0.39, 0.29) is 30.7 Å². The molecule has 0 amide bonds. The fourth-order valence-corrected chi connectivity index (χ4v) is 2.35. The van der Waals surface area contributed by atoms with Gasteiger partial charge in [0.15, 0.2) is 5.78 Å². The molecule has 1 unspecified atom stereocenters. The molecule has 1 fully saturated rings. The van der Waals surface area contributed by atoms with Gasteiger partial charge in [0.25, 0.3) is 5.69 Å². The molecule has 1 saturated heterocycles. The molecular weight excluding hydrogens is 248 g/mol. The Hall–Kier alpha value is -1.79. The first-order valence-corrected chi connectivity index (χ1v) is 6.24. The second-order valence-electron chi connectivity index (χ2n) is 4.68. The molecule has 6 heteroatoms. The number of Topliss-reactive ketones (excluding diaryl/α,β-unsaturated/α-hetero) is 1. The third-order valence-corrected chi connectivity index (χ3v) is 3.46. The number of nitro groups is 1. The van der Waals surface area contributed by atoms with Crippen LogP contribution in [-0.4, -0.2) is 46.5 Å². The van der Waals surface area contributed by atoms with E-state index < -0.39 is 4.92 Å². The molecule has 0 aliphatic carbocycles. The monoisotopic (exact) mass is 264 g/mol.